The van der Waals surface area contributed by atoms with Crippen LogP contribution in [-0.2, 0) is 6.42 Å². The minimum absolute atomic E-state index is 0.350. The minimum Gasteiger partial charge on any atom is -0.325 e. The maximum Gasteiger partial charge on any atom is 0.126 e. The minimum atomic E-state index is -0.393. The highest BCUT2D eigenvalue weighted by Crippen LogP contribution is 2.36. The van der Waals surface area contributed by atoms with Crippen LogP contribution < -0.4 is 5.73 Å². The Bertz CT molecular complexity index is 434. The summed E-state index contributed by atoms with van der Waals surface area (Å²) < 4.78 is 26.9. The van der Waals surface area contributed by atoms with Gasteiger partial charge < -0.3 is 5.73 Å². The quantitative estimate of drug-likeness (QED) is 0.878. The van der Waals surface area contributed by atoms with Crippen molar-refractivity contribution in [2.24, 2.45) is 17.6 Å². The molecule has 0 aromatic heterocycles. The van der Waals surface area contributed by atoms with Gasteiger partial charge in [0, 0.05) is 5.54 Å². The molecule has 1 fully saturated rings. The number of hydrogen-bond donors (Lipinski definition) is 1. The molecule has 0 amide bonds. The van der Waals surface area contributed by atoms with Crippen LogP contribution in [0.3, 0.4) is 0 Å². The average molecular weight is 267 g/mol. The Morgan fingerprint density at radius 1 is 1.26 bits per heavy atom. The molecule has 0 unspecified atom stereocenters. The van der Waals surface area contributed by atoms with Crippen LogP contribution in [0.5, 0.6) is 0 Å². The number of halogens is 2. The normalized spacial score (nSPS) is 27.8. The predicted octanol–water partition coefficient (Wildman–Crippen LogP) is 4.05. The highest BCUT2D eigenvalue weighted by molar-refractivity contribution is 5.21. The van der Waals surface area contributed by atoms with Crippen LogP contribution in [-0.4, -0.2) is 5.54 Å². The molecule has 0 bridgehead atoms. The summed E-state index contributed by atoms with van der Waals surface area (Å²) in [6, 6.07) is 3.62. The lowest BCUT2D eigenvalue weighted by atomic mass is 9.71. The van der Waals surface area contributed by atoms with Crippen molar-refractivity contribution < 1.29 is 8.78 Å². The fourth-order valence-electron chi connectivity index (χ4n) is 3.12. The van der Waals surface area contributed by atoms with E-state index in [0.717, 1.165) is 31.7 Å². The number of hydrogen-bond acceptors (Lipinski definition) is 1. The molecule has 2 rings (SSSR count). The molecule has 0 saturated heterocycles. The molecular formula is C16H23F2N. The summed E-state index contributed by atoms with van der Waals surface area (Å²) in [5.74, 6) is 0.651. The fourth-order valence-corrected chi connectivity index (χ4v) is 3.12. The zero-order chi connectivity index (χ0) is 14.0. The molecule has 106 valence electrons. The Kier molecular flexibility index (Phi) is 4.24. The zero-order valence-corrected chi connectivity index (χ0v) is 11.8. The molecule has 1 aliphatic rings. The molecule has 2 N–H and O–H groups in total. The molecule has 0 spiro atoms. The SMILES string of the molecule is CC(C)C1CCC(N)(Cc2cc(F)ccc2F)CC1. The van der Waals surface area contributed by atoms with Crippen molar-refractivity contribution in [1.29, 1.82) is 0 Å². The lowest BCUT2D eigenvalue weighted by molar-refractivity contribution is 0.193. The summed E-state index contributed by atoms with van der Waals surface area (Å²) in [4.78, 5) is 0. The standard InChI is InChI=1S/C16H23F2N/c1-11(2)12-5-7-16(19,8-6-12)10-13-9-14(17)3-4-15(13)18/h3-4,9,11-12H,5-8,10,19H2,1-2H3. The predicted molar refractivity (Wildman–Crippen MR) is 73.8 cm³/mol. The van der Waals surface area contributed by atoms with Crippen molar-refractivity contribution >= 4 is 0 Å². The van der Waals surface area contributed by atoms with Crippen LogP contribution in [0.1, 0.15) is 45.1 Å². The fraction of sp³-hybridized carbons (Fsp3) is 0.625. The van der Waals surface area contributed by atoms with Gasteiger partial charge in [0.2, 0.25) is 0 Å². The van der Waals surface area contributed by atoms with E-state index in [2.05, 4.69) is 13.8 Å². The summed E-state index contributed by atoms with van der Waals surface area (Å²) in [5.41, 5.74) is 6.42. The first kappa shape index (κ1) is 14.4. The number of rotatable bonds is 3. The molecule has 1 aliphatic carbocycles. The maximum absolute atomic E-state index is 13.7. The van der Waals surface area contributed by atoms with Crippen LogP contribution in [0.25, 0.3) is 0 Å². The van der Waals surface area contributed by atoms with E-state index >= 15 is 0 Å². The van der Waals surface area contributed by atoms with Gasteiger partial charge in [-0.05, 0) is 67.7 Å². The Morgan fingerprint density at radius 3 is 2.47 bits per heavy atom. The van der Waals surface area contributed by atoms with Crippen LogP contribution in [0, 0.1) is 23.5 Å². The highest BCUT2D eigenvalue weighted by atomic mass is 19.1. The second-order valence-corrected chi connectivity index (χ2v) is 6.36. The molecule has 1 aromatic rings. The van der Waals surface area contributed by atoms with E-state index in [1.807, 2.05) is 0 Å². The Balaban J connectivity index is 2.05. The molecule has 19 heavy (non-hydrogen) atoms. The monoisotopic (exact) mass is 267 g/mol. The van der Waals surface area contributed by atoms with Crippen LogP contribution in [0.2, 0.25) is 0 Å². The molecule has 3 heteroatoms. The van der Waals surface area contributed by atoms with Crippen LogP contribution in [0.4, 0.5) is 8.78 Å². The molecule has 0 heterocycles. The molecular weight excluding hydrogens is 244 g/mol. The second-order valence-electron chi connectivity index (χ2n) is 6.36. The van der Waals surface area contributed by atoms with Crippen LogP contribution >= 0.6 is 0 Å². The Labute approximate surface area is 114 Å². The summed E-state index contributed by atoms with van der Waals surface area (Å²) in [5, 5.41) is 0. The third kappa shape index (κ3) is 3.53. The van der Waals surface area contributed by atoms with Gasteiger partial charge in [0.25, 0.3) is 0 Å². The maximum atomic E-state index is 13.7. The largest absolute Gasteiger partial charge is 0.325 e. The van der Waals surface area contributed by atoms with Gasteiger partial charge in [-0.3, -0.25) is 0 Å². The molecule has 0 atom stereocenters. The van der Waals surface area contributed by atoms with Gasteiger partial charge in [-0.2, -0.15) is 0 Å². The third-order valence-electron chi connectivity index (χ3n) is 4.52. The molecule has 1 saturated carbocycles. The first-order chi connectivity index (χ1) is 8.89. The van der Waals surface area contributed by atoms with Crippen molar-refractivity contribution in [3.63, 3.8) is 0 Å². The molecule has 0 radical (unpaired) electrons. The molecule has 0 aliphatic heterocycles. The zero-order valence-electron chi connectivity index (χ0n) is 11.8. The smallest absolute Gasteiger partial charge is 0.126 e. The lowest BCUT2D eigenvalue weighted by Crippen LogP contribution is -2.46. The van der Waals surface area contributed by atoms with E-state index in [1.165, 1.54) is 12.1 Å². The summed E-state index contributed by atoms with van der Waals surface area (Å²) >= 11 is 0. The first-order valence-electron chi connectivity index (χ1n) is 7.12. The Hall–Kier alpha value is -0.960. The summed E-state index contributed by atoms with van der Waals surface area (Å²) in [6.07, 6.45) is 4.40. The van der Waals surface area contributed by atoms with Gasteiger partial charge in [-0.15, -0.1) is 0 Å². The van der Waals surface area contributed by atoms with Crippen molar-refractivity contribution in [2.45, 2.75) is 51.5 Å². The van der Waals surface area contributed by atoms with Crippen LogP contribution in [0.15, 0.2) is 18.2 Å². The van der Waals surface area contributed by atoms with Gasteiger partial charge >= 0.3 is 0 Å². The number of benzene rings is 1. The topological polar surface area (TPSA) is 26.0 Å². The van der Waals surface area contributed by atoms with E-state index in [1.54, 1.807) is 0 Å². The van der Waals surface area contributed by atoms with Gasteiger partial charge in [0.05, 0.1) is 0 Å². The third-order valence-corrected chi connectivity index (χ3v) is 4.52. The lowest BCUT2D eigenvalue weighted by Gasteiger charge is -2.38. The van der Waals surface area contributed by atoms with E-state index in [4.69, 9.17) is 5.73 Å². The Morgan fingerprint density at radius 2 is 1.89 bits per heavy atom. The highest BCUT2D eigenvalue weighted by Gasteiger charge is 2.33. The number of nitrogens with two attached hydrogens (primary N) is 1. The van der Waals surface area contributed by atoms with Gasteiger partial charge in [-0.1, -0.05) is 13.8 Å². The van der Waals surface area contributed by atoms with Gasteiger partial charge in [-0.25, -0.2) is 8.78 Å². The van der Waals surface area contributed by atoms with Crippen molar-refractivity contribution in [3.8, 4) is 0 Å². The van der Waals surface area contributed by atoms with Gasteiger partial charge in [0.1, 0.15) is 11.6 Å². The van der Waals surface area contributed by atoms with E-state index in [0.29, 0.717) is 23.8 Å². The molecule has 1 nitrogen and oxygen atoms in total. The molecule has 1 aromatic carbocycles. The van der Waals surface area contributed by atoms with Gasteiger partial charge in [0.15, 0.2) is 0 Å². The van der Waals surface area contributed by atoms with Crippen molar-refractivity contribution in [1.82, 2.24) is 0 Å². The van der Waals surface area contributed by atoms with E-state index in [9.17, 15) is 8.78 Å². The van der Waals surface area contributed by atoms with Crippen molar-refractivity contribution in [2.75, 3.05) is 0 Å². The average Bonchev–Trinajstić information content (AvgIpc) is 2.34. The summed E-state index contributed by atoms with van der Waals surface area (Å²) in [6.45, 7) is 4.47. The van der Waals surface area contributed by atoms with E-state index < -0.39 is 5.82 Å². The van der Waals surface area contributed by atoms with E-state index in [-0.39, 0.29) is 11.4 Å². The summed E-state index contributed by atoms with van der Waals surface area (Å²) in [7, 11) is 0. The van der Waals surface area contributed by atoms with Crippen molar-refractivity contribution in [3.05, 3.63) is 35.4 Å². The first-order valence-corrected chi connectivity index (χ1v) is 7.12. The second kappa shape index (κ2) is 5.58.